The maximum Gasteiger partial charge on any atom is 0.339 e. The second-order valence-corrected chi connectivity index (χ2v) is 6.86. The van der Waals surface area contributed by atoms with Crippen LogP contribution in [0.3, 0.4) is 0 Å². The summed E-state index contributed by atoms with van der Waals surface area (Å²) in [5, 5.41) is 12.5. The predicted molar refractivity (Wildman–Crippen MR) is 113 cm³/mol. The lowest BCUT2D eigenvalue weighted by molar-refractivity contribution is 0.0693. The summed E-state index contributed by atoms with van der Waals surface area (Å²) in [6, 6.07) is 11.0. The molecule has 0 saturated carbocycles. The van der Waals surface area contributed by atoms with E-state index in [9.17, 15) is 9.90 Å². The van der Waals surface area contributed by atoms with Crippen LogP contribution in [0.4, 0.5) is 11.5 Å². The predicted octanol–water partition coefficient (Wildman–Crippen LogP) is 3.78. The largest absolute Gasteiger partial charge is 0.496 e. The molecular formula is C22H17N5O3. The Kier molecular flexibility index (Phi) is 4.17. The van der Waals surface area contributed by atoms with Crippen LogP contribution in [0.25, 0.3) is 16.9 Å². The van der Waals surface area contributed by atoms with Crippen LogP contribution in [-0.4, -0.2) is 38.8 Å². The summed E-state index contributed by atoms with van der Waals surface area (Å²) in [6.07, 6.45) is 7.37. The number of nitrogens with one attached hydrogen (secondary N) is 1. The molecule has 0 aliphatic carbocycles. The SMILES string of the molecule is COc1cc(Nc2nc(-c3ccc4c(c3)CN=C4)cn3ccnc23)ccc1C(=O)O. The van der Waals surface area contributed by atoms with Crippen molar-refractivity contribution in [1.29, 1.82) is 0 Å². The molecule has 2 N–H and O–H groups in total. The van der Waals surface area contributed by atoms with Crippen molar-refractivity contribution < 1.29 is 14.6 Å². The van der Waals surface area contributed by atoms with E-state index in [1.807, 2.05) is 35.1 Å². The Morgan fingerprint density at radius 2 is 2.13 bits per heavy atom. The summed E-state index contributed by atoms with van der Waals surface area (Å²) in [6.45, 7) is 0.678. The number of carbonyl (C=O) groups is 1. The minimum Gasteiger partial charge on any atom is -0.496 e. The number of fused-ring (bicyclic) bond motifs is 2. The first-order valence-corrected chi connectivity index (χ1v) is 9.27. The average Bonchev–Trinajstić information content (AvgIpc) is 3.42. The van der Waals surface area contributed by atoms with Gasteiger partial charge in [-0.1, -0.05) is 12.1 Å². The van der Waals surface area contributed by atoms with Crippen LogP contribution < -0.4 is 10.1 Å². The van der Waals surface area contributed by atoms with Gasteiger partial charge in [0.15, 0.2) is 11.5 Å². The third-order valence-corrected chi connectivity index (χ3v) is 5.00. The van der Waals surface area contributed by atoms with Crippen molar-refractivity contribution in [3.05, 3.63) is 71.7 Å². The van der Waals surface area contributed by atoms with Gasteiger partial charge in [-0.3, -0.25) is 4.99 Å². The molecule has 0 radical (unpaired) electrons. The van der Waals surface area contributed by atoms with Gasteiger partial charge in [-0.25, -0.2) is 14.8 Å². The first kappa shape index (κ1) is 17.9. The molecule has 5 rings (SSSR count). The third kappa shape index (κ3) is 3.04. The molecule has 0 spiro atoms. The Morgan fingerprint density at radius 3 is 2.97 bits per heavy atom. The number of rotatable bonds is 5. The lowest BCUT2D eigenvalue weighted by atomic mass is 10.0. The molecule has 1 aliphatic rings. The smallest absolute Gasteiger partial charge is 0.339 e. The minimum absolute atomic E-state index is 0.0936. The van der Waals surface area contributed by atoms with Crippen LogP contribution in [0.5, 0.6) is 5.75 Å². The summed E-state index contributed by atoms with van der Waals surface area (Å²) in [7, 11) is 1.44. The Labute approximate surface area is 171 Å². The van der Waals surface area contributed by atoms with Gasteiger partial charge in [0.2, 0.25) is 0 Å². The molecule has 0 amide bonds. The van der Waals surface area contributed by atoms with Gasteiger partial charge in [0.05, 0.1) is 19.3 Å². The average molecular weight is 399 g/mol. The number of hydrogen-bond acceptors (Lipinski definition) is 6. The Morgan fingerprint density at radius 1 is 1.23 bits per heavy atom. The highest BCUT2D eigenvalue weighted by molar-refractivity contribution is 5.92. The zero-order chi connectivity index (χ0) is 20.7. The van der Waals surface area contributed by atoms with Gasteiger partial charge in [-0.05, 0) is 29.3 Å². The van der Waals surface area contributed by atoms with E-state index in [2.05, 4.69) is 21.4 Å². The Bertz CT molecular complexity index is 1330. The number of nitrogens with zero attached hydrogens (tertiary/aromatic N) is 4. The molecule has 30 heavy (non-hydrogen) atoms. The Hall–Kier alpha value is -4.20. The number of carboxylic acids is 1. The van der Waals surface area contributed by atoms with Crippen molar-refractivity contribution >= 4 is 29.3 Å². The highest BCUT2D eigenvalue weighted by Crippen LogP contribution is 2.29. The number of aliphatic imine (C=N–C) groups is 1. The minimum atomic E-state index is -1.05. The maximum atomic E-state index is 11.3. The van der Waals surface area contributed by atoms with E-state index in [0.29, 0.717) is 23.7 Å². The Balaban J connectivity index is 1.56. The summed E-state index contributed by atoms with van der Waals surface area (Å²) in [4.78, 5) is 24.8. The number of aromatic nitrogens is 3. The second kappa shape index (κ2) is 7.00. The molecule has 8 nitrogen and oxygen atoms in total. The van der Waals surface area contributed by atoms with Crippen LogP contribution in [0.15, 0.2) is 60.0 Å². The molecular weight excluding hydrogens is 382 g/mol. The van der Waals surface area contributed by atoms with E-state index in [1.54, 1.807) is 18.3 Å². The lowest BCUT2D eigenvalue weighted by Crippen LogP contribution is -2.03. The summed E-state index contributed by atoms with van der Waals surface area (Å²) < 4.78 is 7.12. The van der Waals surface area contributed by atoms with Crippen LogP contribution in [0.2, 0.25) is 0 Å². The fourth-order valence-corrected chi connectivity index (χ4v) is 3.51. The van der Waals surface area contributed by atoms with E-state index < -0.39 is 5.97 Å². The van der Waals surface area contributed by atoms with Gasteiger partial charge in [0.25, 0.3) is 0 Å². The summed E-state index contributed by atoms with van der Waals surface area (Å²) in [5.74, 6) is -0.226. The molecule has 0 atom stereocenters. The van der Waals surface area contributed by atoms with Gasteiger partial charge in [0.1, 0.15) is 11.3 Å². The van der Waals surface area contributed by atoms with Crippen LogP contribution in [0.1, 0.15) is 21.5 Å². The number of imidazole rings is 1. The van der Waals surface area contributed by atoms with Crippen molar-refractivity contribution in [2.24, 2.45) is 4.99 Å². The van der Waals surface area contributed by atoms with Crippen molar-refractivity contribution in [3.8, 4) is 17.0 Å². The molecule has 2 aromatic heterocycles. The standard InChI is InChI=1S/C22H17N5O3/c1-30-19-9-16(4-5-17(19)22(28)29)25-20-21-24-6-7-27(21)12-18(26-20)13-2-3-14-10-23-11-15(14)8-13/h2-10,12H,11H2,1H3,(H,25,26)(H,28,29). The first-order valence-electron chi connectivity index (χ1n) is 9.27. The van der Waals surface area contributed by atoms with Gasteiger partial charge >= 0.3 is 5.97 Å². The molecule has 0 fully saturated rings. The number of methoxy groups -OCH3 is 1. The van der Waals surface area contributed by atoms with Crippen molar-refractivity contribution in [2.75, 3.05) is 12.4 Å². The van der Waals surface area contributed by atoms with Crippen molar-refractivity contribution in [1.82, 2.24) is 14.4 Å². The number of anilines is 2. The van der Waals surface area contributed by atoms with Crippen LogP contribution >= 0.6 is 0 Å². The van der Waals surface area contributed by atoms with Crippen molar-refractivity contribution in [2.45, 2.75) is 6.54 Å². The number of ether oxygens (including phenoxy) is 1. The maximum absolute atomic E-state index is 11.3. The van der Waals surface area contributed by atoms with Gasteiger partial charge in [-0.15, -0.1) is 0 Å². The number of carboxylic acid groups (broad SMARTS) is 1. The zero-order valence-corrected chi connectivity index (χ0v) is 16.0. The lowest BCUT2D eigenvalue weighted by Gasteiger charge is -2.12. The van der Waals surface area contributed by atoms with Gasteiger partial charge < -0.3 is 19.6 Å². The quantitative estimate of drug-likeness (QED) is 0.530. The molecule has 1 aliphatic heterocycles. The number of hydrogen-bond donors (Lipinski definition) is 2. The zero-order valence-electron chi connectivity index (χ0n) is 16.0. The summed E-state index contributed by atoms with van der Waals surface area (Å²) >= 11 is 0. The van der Waals surface area contributed by atoms with Crippen LogP contribution in [-0.2, 0) is 6.54 Å². The van der Waals surface area contributed by atoms with E-state index >= 15 is 0 Å². The monoisotopic (exact) mass is 399 g/mol. The topological polar surface area (TPSA) is 101 Å². The molecule has 0 unspecified atom stereocenters. The van der Waals surface area contributed by atoms with E-state index in [0.717, 1.165) is 16.8 Å². The molecule has 2 aromatic carbocycles. The highest BCUT2D eigenvalue weighted by atomic mass is 16.5. The fourth-order valence-electron chi connectivity index (χ4n) is 3.51. The van der Waals surface area contributed by atoms with Gasteiger partial charge in [-0.2, -0.15) is 0 Å². The molecule has 0 bridgehead atoms. The molecule has 4 aromatic rings. The molecule has 0 saturated heterocycles. The number of aromatic carboxylic acids is 1. The molecule has 8 heteroatoms. The first-order chi connectivity index (χ1) is 14.6. The molecule has 3 heterocycles. The molecule has 148 valence electrons. The van der Waals surface area contributed by atoms with Crippen molar-refractivity contribution in [3.63, 3.8) is 0 Å². The fraction of sp³-hybridized carbons (Fsp3) is 0.0909. The van der Waals surface area contributed by atoms with E-state index in [1.165, 1.54) is 18.7 Å². The third-order valence-electron chi connectivity index (χ3n) is 5.00. The normalized spacial score (nSPS) is 12.2. The number of benzene rings is 2. The summed E-state index contributed by atoms with van der Waals surface area (Å²) in [5.41, 5.74) is 5.47. The highest BCUT2D eigenvalue weighted by Gasteiger charge is 2.15. The van der Waals surface area contributed by atoms with Crippen LogP contribution in [0, 0.1) is 0 Å². The second-order valence-electron chi connectivity index (χ2n) is 6.86. The van der Waals surface area contributed by atoms with E-state index in [4.69, 9.17) is 9.72 Å². The van der Waals surface area contributed by atoms with Gasteiger partial charge in [0, 0.05) is 42.1 Å². The van der Waals surface area contributed by atoms with E-state index in [-0.39, 0.29) is 11.3 Å².